The quantitative estimate of drug-likeness (QED) is 0.237. The van der Waals surface area contributed by atoms with Gasteiger partial charge in [0.2, 0.25) is 0 Å². The molecule has 1 atom stereocenters. The first-order valence-electron chi connectivity index (χ1n) is 15.1. The summed E-state index contributed by atoms with van der Waals surface area (Å²) >= 11 is 0. The van der Waals surface area contributed by atoms with E-state index < -0.39 is 18.2 Å². The maximum absolute atomic E-state index is 12.6. The maximum atomic E-state index is 12.6. The van der Waals surface area contributed by atoms with Gasteiger partial charge < -0.3 is 25.1 Å². The molecule has 42 heavy (non-hydrogen) atoms. The van der Waals surface area contributed by atoms with Crippen LogP contribution >= 0.6 is 0 Å². The lowest BCUT2D eigenvalue weighted by molar-refractivity contribution is -0.119. The Labute approximate surface area is 253 Å². The van der Waals surface area contributed by atoms with Crippen molar-refractivity contribution >= 4 is 40.8 Å². The number of ether oxygens (including phenoxy) is 1. The van der Waals surface area contributed by atoms with Crippen molar-refractivity contribution in [3.05, 3.63) is 54.1 Å². The highest BCUT2D eigenvalue weighted by atomic mass is 16.6. The Balaban J connectivity index is 0.00000402. The van der Waals surface area contributed by atoms with Crippen molar-refractivity contribution in [3.8, 4) is 0 Å². The van der Waals surface area contributed by atoms with Crippen molar-refractivity contribution in [2.24, 2.45) is 0 Å². The highest BCUT2D eigenvalue weighted by Crippen LogP contribution is 2.21. The minimum Gasteiger partial charge on any atom is -0.444 e. The van der Waals surface area contributed by atoms with E-state index in [-0.39, 0.29) is 31.0 Å². The van der Waals surface area contributed by atoms with Crippen LogP contribution in [-0.4, -0.2) is 49.9 Å². The highest BCUT2D eigenvalue weighted by Gasteiger charge is 2.18. The number of rotatable bonds is 14. The van der Waals surface area contributed by atoms with Gasteiger partial charge in [0.05, 0.1) is 6.04 Å². The Morgan fingerprint density at radius 2 is 1.33 bits per heavy atom. The predicted molar refractivity (Wildman–Crippen MR) is 174 cm³/mol. The molecule has 0 saturated heterocycles. The molecule has 9 heteroatoms. The van der Waals surface area contributed by atoms with E-state index in [1.54, 1.807) is 31.3 Å². The third-order valence-electron chi connectivity index (χ3n) is 6.02. The number of ketones is 2. The molecule has 0 radical (unpaired) electrons. The lowest BCUT2D eigenvalue weighted by Gasteiger charge is -2.25. The molecule has 0 heterocycles. The highest BCUT2D eigenvalue weighted by molar-refractivity contribution is 5.94. The van der Waals surface area contributed by atoms with Crippen LogP contribution in [0.5, 0.6) is 0 Å². The summed E-state index contributed by atoms with van der Waals surface area (Å²) in [6.45, 7) is 17.2. The molecule has 2 N–H and O–H groups in total. The van der Waals surface area contributed by atoms with Gasteiger partial charge in [-0.25, -0.2) is 9.59 Å². The van der Waals surface area contributed by atoms with Gasteiger partial charge in [-0.3, -0.25) is 9.69 Å². The molecule has 3 amide bonds. The largest absolute Gasteiger partial charge is 0.444 e. The molecule has 0 aliphatic carbocycles. The van der Waals surface area contributed by atoms with Gasteiger partial charge in [0.25, 0.3) is 0 Å². The number of hydrogen-bond donors (Lipinski definition) is 2. The molecule has 2 aromatic rings. The van der Waals surface area contributed by atoms with E-state index >= 15 is 0 Å². The van der Waals surface area contributed by atoms with Crippen LogP contribution in [0.1, 0.15) is 86.6 Å². The molecule has 0 fully saturated rings. The van der Waals surface area contributed by atoms with E-state index in [4.69, 9.17) is 4.74 Å². The van der Waals surface area contributed by atoms with Crippen LogP contribution in [0.4, 0.5) is 26.7 Å². The molecule has 0 aliphatic heterocycles. The summed E-state index contributed by atoms with van der Waals surface area (Å²) in [5, 5.41) is 5.26. The van der Waals surface area contributed by atoms with Crippen molar-refractivity contribution in [1.29, 1.82) is 0 Å². The Kier molecular flexibility index (Phi) is 19.8. The molecule has 234 valence electrons. The smallest absolute Gasteiger partial charge is 0.414 e. The second-order valence-corrected chi connectivity index (χ2v) is 9.32. The summed E-state index contributed by atoms with van der Waals surface area (Å²) in [4.78, 5) is 51.6. The summed E-state index contributed by atoms with van der Waals surface area (Å²) in [7, 11) is 1.67. The summed E-state index contributed by atoms with van der Waals surface area (Å²) < 4.78 is 5.46. The zero-order valence-electron chi connectivity index (χ0n) is 27.1. The fourth-order valence-corrected chi connectivity index (χ4v) is 3.88. The van der Waals surface area contributed by atoms with Crippen LogP contribution in [-0.2, 0) is 20.9 Å². The second kappa shape index (κ2) is 21.8. The number of benzene rings is 2. The Morgan fingerprint density at radius 1 is 0.810 bits per heavy atom. The molecule has 0 aliphatic rings. The van der Waals surface area contributed by atoms with E-state index in [0.29, 0.717) is 5.69 Å². The summed E-state index contributed by atoms with van der Waals surface area (Å²) in [5.74, 6) is -0.255. The SMILES string of the molecule is CC.CC.CCCN(CCC)c1ccc(N(C)C(=O)OCc2ccc(NC(=O)NC(CCC(C)=O)C(C)=O)cc2)cc1. The number of carbonyl (C=O) groups is 4. The van der Waals surface area contributed by atoms with E-state index in [1.165, 1.54) is 18.7 Å². The number of hydrogen-bond acceptors (Lipinski definition) is 6. The summed E-state index contributed by atoms with van der Waals surface area (Å²) in [6.07, 6.45) is 2.15. The molecule has 2 aromatic carbocycles. The van der Waals surface area contributed by atoms with E-state index in [1.807, 2.05) is 52.0 Å². The number of anilines is 3. The van der Waals surface area contributed by atoms with Crippen LogP contribution < -0.4 is 20.4 Å². The van der Waals surface area contributed by atoms with Crippen molar-refractivity contribution in [2.45, 2.75) is 93.7 Å². The van der Waals surface area contributed by atoms with Gasteiger partial charge in [0, 0.05) is 43.6 Å². The molecule has 9 nitrogen and oxygen atoms in total. The van der Waals surface area contributed by atoms with Crippen LogP contribution in [0, 0.1) is 0 Å². The van der Waals surface area contributed by atoms with Gasteiger partial charge in [-0.2, -0.15) is 0 Å². The first-order chi connectivity index (χ1) is 20.1. The van der Waals surface area contributed by atoms with Crippen molar-refractivity contribution < 1.29 is 23.9 Å². The van der Waals surface area contributed by atoms with Crippen LogP contribution in [0.25, 0.3) is 0 Å². The van der Waals surface area contributed by atoms with Crippen LogP contribution in [0.2, 0.25) is 0 Å². The molecular formula is C33H52N4O5. The molecule has 1 unspecified atom stereocenters. The van der Waals surface area contributed by atoms with Crippen molar-refractivity contribution in [3.63, 3.8) is 0 Å². The van der Waals surface area contributed by atoms with Crippen LogP contribution in [0.3, 0.4) is 0 Å². The standard InChI is InChI=1S/C29H40N4O5.2C2H6/c1-6-18-33(19-7-2)26-15-13-25(14-16-26)32(5)29(37)38-20-23-9-11-24(12-10-23)30-28(36)31-27(22(4)35)17-8-21(3)34;2*1-2/h9-16,27H,6-8,17-20H2,1-5H3,(H2,30,31,36);2*1-2H3. The normalized spacial score (nSPS) is 10.5. The zero-order chi connectivity index (χ0) is 32.1. The second-order valence-electron chi connectivity index (χ2n) is 9.32. The topological polar surface area (TPSA) is 108 Å². The van der Waals surface area contributed by atoms with E-state index in [9.17, 15) is 19.2 Å². The molecular weight excluding hydrogens is 532 g/mol. The first-order valence-corrected chi connectivity index (χ1v) is 15.1. The number of amides is 3. The Bertz CT molecular complexity index is 1060. The van der Waals surface area contributed by atoms with Gasteiger partial charge in [0.1, 0.15) is 12.4 Å². The third-order valence-corrected chi connectivity index (χ3v) is 6.02. The minimum absolute atomic E-state index is 0.0417. The fraction of sp³-hybridized carbons (Fsp3) is 0.515. The summed E-state index contributed by atoms with van der Waals surface area (Å²) in [6, 6.07) is 13.5. The van der Waals surface area contributed by atoms with Gasteiger partial charge in [0.15, 0.2) is 5.78 Å². The number of urea groups is 1. The predicted octanol–water partition coefficient (Wildman–Crippen LogP) is 7.59. The summed E-state index contributed by atoms with van der Waals surface area (Å²) in [5.41, 5.74) is 3.15. The molecule has 0 aromatic heterocycles. The van der Waals surface area contributed by atoms with Crippen molar-refractivity contribution in [1.82, 2.24) is 5.32 Å². The molecule has 0 saturated carbocycles. The van der Waals surface area contributed by atoms with Gasteiger partial charge in [-0.1, -0.05) is 53.7 Å². The maximum Gasteiger partial charge on any atom is 0.414 e. The number of carbonyl (C=O) groups excluding carboxylic acids is 4. The van der Waals surface area contributed by atoms with E-state index in [0.717, 1.165) is 42.9 Å². The minimum atomic E-state index is -0.725. The number of nitrogens with one attached hydrogen (secondary N) is 2. The lowest BCUT2D eigenvalue weighted by Crippen LogP contribution is -2.42. The number of nitrogens with zero attached hydrogens (tertiary/aromatic N) is 2. The Morgan fingerprint density at radius 3 is 1.81 bits per heavy atom. The third kappa shape index (κ3) is 14.1. The average molecular weight is 585 g/mol. The van der Waals surface area contributed by atoms with Gasteiger partial charge in [-0.05, 0) is 75.1 Å². The monoisotopic (exact) mass is 584 g/mol. The van der Waals surface area contributed by atoms with Gasteiger partial charge in [-0.15, -0.1) is 0 Å². The van der Waals surface area contributed by atoms with Gasteiger partial charge >= 0.3 is 12.1 Å². The number of Topliss-reactive ketones (excluding diaryl/α,β-unsaturated/α-hetero) is 2. The van der Waals surface area contributed by atoms with Crippen molar-refractivity contribution in [2.75, 3.05) is 35.3 Å². The van der Waals surface area contributed by atoms with E-state index in [2.05, 4.69) is 29.4 Å². The Hall–Kier alpha value is -3.88. The zero-order valence-corrected chi connectivity index (χ0v) is 27.1. The lowest BCUT2D eigenvalue weighted by atomic mass is 10.1. The van der Waals surface area contributed by atoms with Crippen LogP contribution in [0.15, 0.2) is 48.5 Å². The first kappa shape index (κ1) is 38.1. The fourth-order valence-electron chi connectivity index (χ4n) is 3.88. The molecule has 0 spiro atoms. The molecule has 0 bridgehead atoms. The average Bonchev–Trinajstić information content (AvgIpc) is 3.00. The molecule has 2 rings (SSSR count).